The first-order valence-corrected chi connectivity index (χ1v) is 6.89. The fraction of sp³-hybridized carbons (Fsp3) is 0.500. The fourth-order valence-corrected chi connectivity index (χ4v) is 3.20. The molecule has 90 valence electrons. The highest BCUT2D eigenvalue weighted by molar-refractivity contribution is 9.10. The van der Waals surface area contributed by atoms with Gasteiger partial charge < -0.3 is 4.90 Å². The zero-order valence-corrected chi connectivity index (χ0v) is 11.9. The summed E-state index contributed by atoms with van der Waals surface area (Å²) in [4.78, 5) is 2.47. The maximum absolute atomic E-state index is 8.87. The second-order valence-corrected chi connectivity index (χ2v) is 5.78. The van der Waals surface area contributed by atoms with Crippen molar-refractivity contribution < 1.29 is 0 Å². The lowest BCUT2D eigenvalue weighted by Crippen LogP contribution is -2.33. The Balaban J connectivity index is 2.31. The molecule has 1 unspecified atom stereocenters. The molecule has 0 saturated carbocycles. The van der Waals surface area contributed by atoms with E-state index in [1.54, 1.807) is 0 Å². The van der Waals surface area contributed by atoms with Crippen LogP contribution in [0, 0.1) is 17.2 Å². The van der Waals surface area contributed by atoms with Crippen LogP contribution in [0.25, 0.3) is 0 Å². The first kappa shape index (κ1) is 12.4. The van der Waals surface area contributed by atoms with Gasteiger partial charge in [-0.25, -0.2) is 0 Å². The molecule has 1 aromatic rings. The minimum absolute atomic E-state index is 0.624. The van der Waals surface area contributed by atoms with Crippen LogP contribution in [0.15, 0.2) is 22.7 Å². The van der Waals surface area contributed by atoms with Gasteiger partial charge in [-0.05, 0) is 52.9 Å². The summed E-state index contributed by atoms with van der Waals surface area (Å²) in [7, 11) is 0. The quantitative estimate of drug-likeness (QED) is 0.825. The van der Waals surface area contributed by atoms with Crippen molar-refractivity contribution in [3.8, 4) is 6.07 Å². The second kappa shape index (κ2) is 5.10. The molecule has 0 aliphatic carbocycles. The Hall–Kier alpha value is -1.01. The summed E-state index contributed by atoms with van der Waals surface area (Å²) in [6, 6.07) is 8.66. The van der Waals surface area contributed by atoms with Crippen LogP contribution in [0.2, 0.25) is 0 Å². The van der Waals surface area contributed by atoms with Gasteiger partial charge in [0.05, 0.1) is 17.3 Å². The van der Waals surface area contributed by atoms with Crippen molar-refractivity contribution in [2.24, 2.45) is 5.92 Å². The van der Waals surface area contributed by atoms with E-state index in [4.69, 9.17) is 5.26 Å². The summed E-state index contributed by atoms with van der Waals surface area (Å²) < 4.78 is 1.03. The molecule has 1 aromatic carbocycles. The molecule has 0 radical (unpaired) electrons. The van der Waals surface area contributed by atoms with E-state index in [0.29, 0.717) is 17.5 Å². The van der Waals surface area contributed by atoms with Crippen LogP contribution in [-0.2, 0) is 0 Å². The Morgan fingerprint density at radius 3 is 2.82 bits per heavy atom. The standard InChI is InChI=1S/C14H17BrN2/c1-10(2)13-4-3-7-17(13)14-6-5-11(9-16)8-12(14)15/h5-6,8,10,13H,3-4,7H2,1-2H3. The van der Waals surface area contributed by atoms with Crippen molar-refractivity contribution in [3.63, 3.8) is 0 Å². The topological polar surface area (TPSA) is 27.0 Å². The highest BCUT2D eigenvalue weighted by Crippen LogP contribution is 2.35. The smallest absolute Gasteiger partial charge is 0.0992 e. The molecule has 2 rings (SSSR count). The Labute approximate surface area is 111 Å². The molecule has 1 aliphatic rings. The van der Waals surface area contributed by atoms with Gasteiger partial charge >= 0.3 is 0 Å². The van der Waals surface area contributed by atoms with Crippen molar-refractivity contribution >= 4 is 21.6 Å². The van der Waals surface area contributed by atoms with Gasteiger partial charge in [-0.15, -0.1) is 0 Å². The SMILES string of the molecule is CC(C)C1CCCN1c1ccc(C#N)cc1Br. The Kier molecular flexibility index (Phi) is 3.73. The Morgan fingerprint density at radius 2 is 2.24 bits per heavy atom. The van der Waals surface area contributed by atoms with Crippen molar-refractivity contribution in [2.45, 2.75) is 32.7 Å². The molecule has 1 aliphatic heterocycles. The molecule has 0 spiro atoms. The molecule has 0 aromatic heterocycles. The molecule has 0 N–H and O–H groups in total. The summed E-state index contributed by atoms with van der Waals surface area (Å²) in [5.74, 6) is 0.667. The van der Waals surface area contributed by atoms with Gasteiger partial charge in [-0.1, -0.05) is 13.8 Å². The third-order valence-electron chi connectivity index (χ3n) is 3.45. The van der Waals surface area contributed by atoms with Crippen LogP contribution >= 0.6 is 15.9 Å². The van der Waals surface area contributed by atoms with Crippen LogP contribution in [-0.4, -0.2) is 12.6 Å². The number of anilines is 1. The monoisotopic (exact) mass is 292 g/mol. The lowest BCUT2D eigenvalue weighted by Gasteiger charge is -2.30. The van der Waals surface area contributed by atoms with Crippen LogP contribution in [0.5, 0.6) is 0 Å². The van der Waals surface area contributed by atoms with E-state index in [1.807, 2.05) is 12.1 Å². The van der Waals surface area contributed by atoms with E-state index in [-0.39, 0.29) is 0 Å². The summed E-state index contributed by atoms with van der Waals surface area (Å²) in [6.07, 6.45) is 2.53. The first-order valence-electron chi connectivity index (χ1n) is 6.09. The summed E-state index contributed by atoms with van der Waals surface area (Å²) in [6.45, 7) is 5.68. The highest BCUT2D eigenvalue weighted by Gasteiger charge is 2.28. The van der Waals surface area contributed by atoms with Crippen LogP contribution < -0.4 is 4.90 Å². The van der Waals surface area contributed by atoms with Crippen molar-refractivity contribution in [1.82, 2.24) is 0 Å². The van der Waals surface area contributed by atoms with Crippen LogP contribution in [0.4, 0.5) is 5.69 Å². The van der Waals surface area contributed by atoms with Gasteiger partial charge in [0.1, 0.15) is 0 Å². The van der Waals surface area contributed by atoms with Crippen molar-refractivity contribution in [1.29, 1.82) is 5.26 Å². The predicted molar refractivity (Wildman–Crippen MR) is 74.1 cm³/mol. The van der Waals surface area contributed by atoms with Crippen molar-refractivity contribution in [2.75, 3.05) is 11.4 Å². The fourth-order valence-electron chi connectivity index (χ4n) is 2.59. The lowest BCUT2D eigenvalue weighted by molar-refractivity contribution is 0.491. The van der Waals surface area contributed by atoms with E-state index in [2.05, 4.69) is 46.8 Å². The average molecular weight is 293 g/mol. The van der Waals surface area contributed by atoms with E-state index in [1.165, 1.54) is 18.5 Å². The third-order valence-corrected chi connectivity index (χ3v) is 4.09. The molecule has 2 nitrogen and oxygen atoms in total. The number of rotatable bonds is 2. The number of hydrogen-bond acceptors (Lipinski definition) is 2. The van der Waals surface area contributed by atoms with Gasteiger partial charge in [0, 0.05) is 17.1 Å². The molecule has 0 amide bonds. The molecule has 1 heterocycles. The maximum Gasteiger partial charge on any atom is 0.0992 e. The lowest BCUT2D eigenvalue weighted by atomic mass is 10.0. The Morgan fingerprint density at radius 1 is 1.47 bits per heavy atom. The van der Waals surface area contributed by atoms with Crippen molar-refractivity contribution in [3.05, 3.63) is 28.2 Å². The van der Waals surface area contributed by atoms with Crippen LogP contribution in [0.3, 0.4) is 0 Å². The van der Waals surface area contributed by atoms with Gasteiger partial charge in [-0.2, -0.15) is 5.26 Å². The summed E-state index contributed by atoms with van der Waals surface area (Å²) in [5.41, 5.74) is 1.93. The predicted octanol–water partition coefficient (Wildman–Crippen LogP) is 3.95. The average Bonchev–Trinajstić information content (AvgIpc) is 2.77. The zero-order chi connectivity index (χ0) is 12.4. The number of nitrogens with zero attached hydrogens (tertiary/aromatic N) is 2. The number of hydrogen-bond donors (Lipinski definition) is 0. The highest BCUT2D eigenvalue weighted by atomic mass is 79.9. The third kappa shape index (κ3) is 2.47. The summed E-state index contributed by atoms with van der Waals surface area (Å²) >= 11 is 3.58. The van der Waals surface area contributed by atoms with Gasteiger partial charge in [0.2, 0.25) is 0 Å². The molecule has 3 heteroatoms. The van der Waals surface area contributed by atoms with Gasteiger partial charge in [-0.3, -0.25) is 0 Å². The molecule has 0 bridgehead atoms. The number of nitriles is 1. The summed E-state index contributed by atoms with van der Waals surface area (Å²) in [5, 5.41) is 8.87. The zero-order valence-electron chi connectivity index (χ0n) is 10.3. The maximum atomic E-state index is 8.87. The first-order chi connectivity index (χ1) is 8.13. The van der Waals surface area contributed by atoms with Gasteiger partial charge in [0.15, 0.2) is 0 Å². The number of benzene rings is 1. The minimum Gasteiger partial charge on any atom is -0.367 e. The molecular formula is C14H17BrN2. The molecule has 1 atom stereocenters. The van der Waals surface area contributed by atoms with Crippen LogP contribution in [0.1, 0.15) is 32.3 Å². The van der Waals surface area contributed by atoms with E-state index < -0.39 is 0 Å². The Bertz CT molecular complexity index is 448. The number of halogens is 1. The molecule has 17 heavy (non-hydrogen) atoms. The molecule has 1 fully saturated rings. The van der Waals surface area contributed by atoms with E-state index >= 15 is 0 Å². The van der Waals surface area contributed by atoms with E-state index in [9.17, 15) is 0 Å². The second-order valence-electron chi connectivity index (χ2n) is 4.92. The largest absolute Gasteiger partial charge is 0.367 e. The molecular weight excluding hydrogens is 276 g/mol. The normalized spacial score (nSPS) is 19.7. The molecule has 1 saturated heterocycles. The van der Waals surface area contributed by atoms with Gasteiger partial charge in [0.25, 0.3) is 0 Å². The minimum atomic E-state index is 0.624. The van der Waals surface area contributed by atoms with E-state index in [0.717, 1.165) is 11.0 Å².